The van der Waals surface area contributed by atoms with Crippen molar-refractivity contribution in [3.8, 4) is 0 Å². The molecule has 0 aliphatic rings. The van der Waals surface area contributed by atoms with Gasteiger partial charge in [0.05, 0.1) is 16.6 Å². The van der Waals surface area contributed by atoms with Crippen molar-refractivity contribution in [3.63, 3.8) is 0 Å². The summed E-state index contributed by atoms with van der Waals surface area (Å²) in [6, 6.07) is 9.49. The number of carbonyl (C=O) groups excluding carboxylic acids is 1. The van der Waals surface area contributed by atoms with Gasteiger partial charge in [-0.2, -0.15) is 0 Å². The molecule has 2 aromatic carbocycles. The molecule has 0 spiro atoms. The lowest BCUT2D eigenvalue weighted by Crippen LogP contribution is -2.21. The molecular formula is C14H10Cl3FN2O. The van der Waals surface area contributed by atoms with E-state index in [-0.39, 0.29) is 22.5 Å². The Morgan fingerprint density at radius 2 is 1.71 bits per heavy atom. The van der Waals surface area contributed by atoms with E-state index in [2.05, 4.69) is 10.6 Å². The summed E-state index contributed by atoms with van der Waals surface area (Å²) in [5.41, 5.74) is 1.04. The van der Waals surface area contributed by atoms with Crippen LogP contribution in [0.25, 0.3) is 0 Å². The molecule has 0 atom stereocenters. The minimum Gasteiger partial charge on any atom is -0.376 e. The van der Waals surface area contributed by atoms with Crippen LogP contribution in [0, 0.1) is 5.82 Å². The first kappa shape index (κ1) is 15.9. The predicted octanol–water partition coefficient (Wildman–Crippen LogP) is 4.84. The first-order valence-corrected chi connectivity index (χ1v) is 7.03. The van der Waals surface area contributed by atoms with Gasteiger partial charge in [0.15, 0.2) is 5.82 Å². The molecule has 110 valence electrons. The van der Waals surface area contributed by atoms with Gasteiger partial charge in [-0.05, 0) is 30.3 Å². The van der Waals surface area contributed by atoms with E-state index in [4.69, 9.17) is 34.8 Å². The van der Waals surface area contributed by atoms with E-state index in [1.807, 2.05) is 0 Å². The summed E-state index contributed by atoms with van der Waals surface area (Å²) in [5, 5.41) is 5.78. The van der Waals surface area contributed by atoms with Gasteiger partial charge < -0.3 is 10.6 Å². The molecule has 0 heterocycles. The summed E-state index contributed by atoms with van der Waals surface area (Å²) >= 11 is 17.2. The van der Waals surface area contributed by atoms with Crippen LogP contribution < -0.4 is 10.6 Å². The molecule has 0 fully saturated rings. The molecule has 2 rings (SSSR count). The Labute approximate surface area is 136 Å². The number of halogens is 4. The summed E-state index contributed by atoms with van der Waals surface area (Å²) in [7, 11) is 0. The number of nitrogens with one attached hydrogen (secondary N) is 2. The highest BCUT2D eigenvalue weighted by Crippen LogP contribution is 2.27. The molecular weight excluding hydrogens is 338 g/mol. The SMILES string of the molecule is O=C(CNc1cc(Cl)c(F)c(Cl)c1)Nc1cccc(Cl)c1. The van der Waals surface area contributed by atoms with Crippen molar-refractivity contribution >= 4 is 52.1 Å². The average molecular weight is 348 g/mol. The van der Waals surface area contributed by atoms with Gasteiger partial charge in [-0.25, -0.2) is 4.39 Å². The first-order chi connectivity index (χ1) is 9.95. The molecule has 1 amide bonds. The minimum atomic E-state index is -0.688. The van der Waals surface area contributed by atoms with Gasteiger partial charge in [0.25, 0.3) is 0 Å². The molecule has 0 saturated heterocycles. The molecule has 7 heteroatoms. The molecule has 2 N–H and O–H groups in total. The molecule has 21 heavy (non-hydrogen) atoms. The zero-order valence-electron chi connectivity index (χ0n) is 10.6. The second-order valence-corrected chi connectivity index (χ2v) is 5.42. The summed E-state index contributed by atoms with van der Waals surface area (Å²) in [6.07, 6.45) is 0. The Hall–Kier alpha value is -1.49. The third-order valence-electron chi connectivity index (χ3n) is 2.55. The van der Waals surface area contributed by atoms with Crippen LogP contribution in [0.15, 0.2) is 36.4 Å². The first-order valence-electron chi connectivity index (χ1n) is 5.89. The fourth-order valence-electron chi connectivity index (χ4n) is 1.61. The van der Waals surface area contributed by atoms with Crippen molar-refractivity contribution in [2.75, 3.05) is 17.2 Å². The van der Waals surface area contributed by atoms with Crippen molar-refractivity contribution in [3.05, 3.63) is 57.3 Å². The van der Waals surface area contributed by atoms with E-state index in [9.17, 15) is 9.18 Å². The Bertz CT molecular complexity index is 656. The molecule has 0 radical (unpaired) electrons. The van der Waals surface area contributed by atoms with Crippen molar-refractivity contribution in [1.29, 1.82) is 0 Å². The van der Waals surface area contributed by atoms with Gasteiger partial charge in [-0.1, -0.05) is 40.9 Å². The van der Waals surface area contributed by atoms with Crippen LogP contribution in [0.1, 0.15) is 0 Å². The van der Waals surface area contributed by atoms with Crippen molar-refractivity contribution < 1.29 is 9.18 Å². The normalized spacial score (nSPS) is 10.3. The van der Waals surface area contributed by atoms with Crippen LogP contribution in [0.3, 0.4) is 0 Å². The number of benzene rings is 2. The van der Waals surface area contributed by atoms with Gasteiger partial charge >= 0.3 is 0 Å². The van der Waals surface area contributed by atoms with E-state index in [1.54, 1.807) is 24.3 Å². The van der Waals surface area contributed by atoms with Crippen LogP contribution in [-0.4, -0.2) is 12.5 Å². The van der Waals surface area contributed by atoms with Gasteiger partial charge in [0.2, 0.25) is 5.91 Å². The van der Waals surface area contributed by atoms with Crippen LogP contribution in [-0.2, 0) is 4.79 Å². The quantitative estimate of drug-likeness (QED) is 0.777. The van der Waals surface area contributed by atoms with E-state index in [0.717, 1.165) is 0 Å². The summed E-state index contributed by atoms with van der Waals surface area (Å²) in [6.45, 7) is -0.0230. The lowest BCUT2D eigenvalue weighted by atomic mass is 10.3. The fourth-order valence-corrected chi connectivity index (χ4v) is 2.29. The monoisotopic (exact) mass is 346 g/mol. The summed E-state index contributed by atoms with van der Waals surface area (Å²) < 4.78 is 13.3. The molecule has 0 unspecified atom stereocenters. The largest absolute Gasteiger partial charge is 0.376 e. The Balaban J connectivity index is 1.95. The van der Waals surface area contributed by atoms with Gasteiger partial charge in [-0.3, -0.25) is 4.79 Å². The molecule has 2 aromatic rings. The third kappa shape index (κ3) is 4.49. The number of amides is 1. The maximum atomic E-state index is 13.3. The molecule has 0 aliphatic carbocycles. The molecule has 0 aliphatic heterocycles. The Kier molecular flexibility index (Phi) is 5.28. The number of hydrogen-bond donors (Lipinski definition) is 2. The number of hydrogen-bond acceptors (Lipinski definition) is 2. The van der Waals surface area contributed by atoms with Crippen molar-refractivity contribution in [2.45, 2.75) is 0 Å². The maximum absolute atomic E-state index is 13.3. The fraction of sp³-hybridized carbons (Fsp3) is 0.0714. The zero-order valence-corrected chi connectivity index (χ0v) is 12.9. The minimum absolute atomic E-state index is 0.0230. The molecule has 0 saturated carbocycles. The second kappa shape index (κ2) is 6.98. The van der Waals surface area contributed by atoms with Crippen molar-refractivity contribution in [2.24, 2.45) is 0 Å². The predicted molar refractivity (Wildman–Crippen MR) is 85.0 cm³/mol. The lowest BCUT2D eigenvalue weighted by Gasteiger charge is -2.09. The van der Waals surface area contributed by atoms with Gasteiger partial charge in [0.1, 0.15) is 0 Å². The zero-order chi connectivity index (χ0) is 15.4. The standard InChI is InChI=1S/C14H10Cl3FN2O/c15-8-2-1-3-9(4-8)20-13(21)7-19-10-5-11(16)14(18)12(17)6-10/h1-6,19H,7H2,(H,20,21). The van der Waals surface area contributed by atoms with Gasteiger partial charge in [-0.15, -0.1) is 0 Å². The topological polar surface area (TPSA) is 41.1 Å². The highest BCUT2D eigenvalue weighted by atomic mass is 35.5. The molecule has 3 nitrogen and oxygen atoms in total. The van der Waals surface area contributed by atoms with Crippen molar-refractivity contribution in [1.82, 2.24) is 0 Å². The molecule has 0 bridgehead atoms. The van der Waals surface area contributed by atoms with E-state index >= 15 is 0 Å². The summed E-state index contributed by atoms with van der Waals surface area (Å²) in [5.74, 6) is -0.971. The van der Waals surface area contributed by atoms with E-state index < -0.39 is 5.82 Å². The van der Waals surface area contributed by atoms with Crippen LogP contribution in [0.5, 0.6) is 0 Å². The van der Waals surface area contributed by atoms with Gasteiger partial charge in [0, 0.05) is 16.4 Å². The second-order valence-electron chi connectivity index (χ2n) is 4.17. The van der Waals surface area contributed by atoms with Crippen LogP contribution in [0.4, 0.5) is 15.8 Å². The lowest BCUT2D eigenvalue weighted by molar-refractivity contribution is -0.114. The Morgan fingerprint density at radius 3 is 2.33 bits per heavy atom. The highest BCUT2D eigenvalue weighted by molar-refractivity contribution is 6.35. The Morgan fingerprint density at radius 1 is 1.05 bits per heavy atom. The molecule has 0 aromatic heterocycles. The smallest absolute Gasteiger partial charge is 0.243 e. The number of rotatable bonds is 4. The van der Waals surface area contributed by atoms with E-state index in [1.165, 1.54) is 12.1 Å². The van der Waals surface area contributed by atoms with E-state index in [0.29, 0.717) is 16.4 Å². The average Bonchev–Trinajstić information content (AvgIpc) is 2.42. The number of carbonyl (C=O) groups is 1. The maximum Gasteiger partial charge on any atom is 0.243 e. The summed E-state index contributed by atoms with van der Waals surface area (Å²) in [4.78, 5) is 11.8. The van der Waals surface area contributed by atoms with Crippen LogP contribution in [0.2, 0.25) is 15.1 Å². The highest BCUT2D eigenvalue weighted by Gasteiger charge is 2.08. The number of anilines is 2. The third-order valence-corrected chi connectivity index (χ3v) is 3.33. The van der Waals surface area contributed by atoms with Crippen LogP contribution >= 0.6 is 34.8 Å².